The van der Waals surface area contributed by atoms with E-state index in [1.165, 1.54) is 0 Å². The van der Waals surface area contributed by atoms with Crippen molar-refractivity contribution in [3.05, 3.63) is 35.9 Å². The van der Waals surface area contributed by atoms with Crippen LogP contribution in [0, 0.1) is 0 Å². The molecular formula is C17H23N3O3. The number of urea groups is 1. The molecule has 6 heteroatoms. The van der Waals surface area contributed by atoms with Crippen LogP contribution in [0.25, 0.3) is 0 Å². The number of hydrogen-bond donors (Lipinski definition) is 2. The second-order valence-electron chi connectivity index (χ2n) is 5.70. The molecule has 0 aliphatic carbocycles. The first-order valence-electron chi connectivity index (χ1n) is 7.97. The van der Waals surface area contributed by atoms with E-state index in [1.807, 2.05) is 44.2 Å². The summed E-state index contributed by atoms with van der Waals surface area (Å²) < 4.78 is 0. The summed E-state index contributed by atoms with van der Waals surface area (Å²) in [6, 6.07) is 9.31. The molecular weight excluding hydrogens is 294 g/mol. The third-order valence-electron chi connectivity index (χ3n) is 4.33. The minimum atomic E-state index is -0.860. The van der Waals surface area contributed by atoms with Gasteiger partial charge in [0.1, 0.15) is 12.1 Å². The summed E-state index contributed by atoms with van der Waals surface area (Å²) in [7, 11) is 0. The molecule has 1 aliphatic rings. The maximum Gasteiger partial charge on any atom is 0.325 e. The van der Waals surface area contributed by atoms with Crippen LogP contribution in [-0.2, 0) is 16.0 Å². The van der Waals surface area contributed by atoms with E-state index in [1.54, 1.807) is 0 Å². The molecule has 1 aromatic rings. The van der Waals surface area contributed by atoms with Crippen LogP contribution in [-0.4, -0.2) is 41.4 Å². The van der Waals surface area contributed by atoms with E-state index in [4.69, 9.17) is 0 Å². The van der Waals surface area contributed by atoms with Crippen molar-refractivity contribution in [2.45, 2.75) is 38.6 Å². The minimum Gasteiger partial charge on any atom is -0.354 e. The number of nitrogens with one attached hydrogen (secondary N) is 2. The van der Waals surface area contributed by atoms with Crippen LogP contribution < -0.4 is 10.6 Å². The van der Waals surface area contributed by atoms with E-state index in [2.05, 4.69) is 10.6 Å². The molecule has 1 fully saturated rings. The van der Waals surface area contributed by atoms with Gasteiger partial charge in [0.05, 0.1) is 0 Å². The summed E-state index contributed by atoms with van der Waals surface area (Å²) in [5.41, 5.74) is 0.264. The number of carbonyl (C=O) groups is 3. The third-order valence-corrected chi connectivity index (χ3v) is 4.33. The van der Waals surface area contributed by atoms with Gasteiger partial charge in [-0.05, 0) is 24.8 Å². The molecule has 2 rings (SSSR count). The van der Waals surface area contributed by atoms with Gasteiger partial charge in [0.25, 0.3) is 5.91 Å². The first kappa shape index (κ1) is 17.0. The smallest absolute Gasteiger partial charge is 0.325 e. The molecule has 0 spiro atoms. The number of imide groups is 1. The monoisotopic (exact) mass is 317 g/mol. The average Bonchev–Trinajstić information content (AvgIpc) is 2.80. The van der Waals surface area contributed by atoms with E-state index in [9.17, 15) is 14.4 Å². The lowest BCUT2D eigenvalue weighted by atomic mass is 9.93. The topological polar surface area (TPSA) is 78.5 Å². The van der Waals surface area contributed by atoms with Gasteiger partial charge in [0.15, 0.2) is 0 Å². The molecule has 23 heavy (non-hydrogen) atoms. The zero-order chi connectivity index (χ0) is 16.9. The molecule has 2 N–H and O–H groups in total. The van der Waals surface area contributed by atoms with Gasteiger partial charge in [0.2, 0.25) is 5.91 Å². The molecule has 1 saturated heterocycles. The maximum atomic E-state index is 12.4. The molecule has 0 bridgehead atoms. The number of rotatable bonds is 7. The molecule has 0 unspecified atom stereocenters. The average molecular weight is 317 g/mol. The number of carbonyl (C=O) groups excluding carboxylic acids is 3. The minimum absolute atomic E-state index is 0.235. The van der Waals surface area contributed by atoms with Crippen molar-refractivity contribution >= 4 is 17.8 Å². The Hall–Kier alpha value is -2.37. The first-order chi connectivity index (χ1) is 11.0. The van der Waals surface area contributed by atoms with Crippen LogP contribution in [0.4, 0.5) is 4.79 Å². The summed E-state index contributed by atoms with van der Waals surface area (Å²) in [5, 5.41) is 5.46. The lowest BCUT2D eigenvalue weighted by Gasteiger charge is -2.23. The summed E-state index contributed by atoms with van der Waals surface area (Å²) in [4.78, 5) is 37.3. The van der Waals surface area contributed by atoms with E-state index in [-0.39, 0.29) is 18.4 Å². The van der Waals surface area contributed by atoms with Crippen molar-refractivity contribution in [1.29, 1.82) is 0 Å². The summed E-state index contributed by atoms with van der Waals surface area (Å²) in [6.45, 7) is 3.94. The number of benzene rings is 1. The Morgan fingerprint density at radius 3 is 2.39 bits per heavy atom. The van der Waals surface area contributed by atoms with E-state index < -0.39 is 11.6 Å². The molecule has 0 aromatic heterocycles. The number of amides is 4. The van der Waals surface area contributed by atoms with Gasteiger partial charge in [-0.15, -0.1) is 0 Å². The Kier molecular flexibility index (Phi) is 5.36. The fraction of sp³-hybridized carbons (Fsp3) is 0.471. The van der Waals surface area contributed by atoms with Gasteiger partial charge in [-0.25, -0.2) is 4.79 Å². The van der Waals surface area contributed by atoms with Crippen LogP contribution in [0.1, 0.15) is 32.3 Å². The molecule has 1 aliphatic heterocycles. The predicted octanol–water partition coefficient (Wildman–Crippen LogP) is 1.46. The summed E-state index contributed by atoms with van der Waals surface area (Å²) >= 11 is 0. The lowest BCUT2D eigenvalue weighted by molar-refractivity contribution is -0.135. The van der Waals surface area contributed by atoms with Gasteiger partial charge in [-0.2, -0.15) is 0 Å². The molecule has 6 nitrogen and oxygen atoms in total. The maximum absolute atomic E-state index is 12.4. The SMILES string of the molecule is CCC1(CC)NC(=O)N(CC(=O)NCCc2ccccc2)C1=O. The molecule has 4 amide bonds. The predicted molar refractivity (Wildman–Crippen MR) is 86.7 cm³/mol. The molecule has 0 radical (unpaired) electrons. The normalized spacial score (nSPS) is 16.3. The van der Waals surface area contributed by atoms with Crippen molar-refractivity contribution in [3.63, 3.8) is 0 Å². The first-order valence-corrected chi connectivity index (χ1v) is 7.97. The Morgan fingerprint density at radius 2 is 1.83 bits per heavy atom. The molecule has 1 heterocycles. The van der Waals surface area contributed by atoms with Crippen LogP contribution in [0.5, 0.6) is 0 Å². The highest BCUT2D eigenvalue weighted by atomic mass is 16.2. The second-order valence-corrected chi connectivity index (χ2v) is 5.70. The number of nitrogens with zero attached hydrogens (tertiary/aromatic N) is 1. The van der Waals surface area contributed by atoms with Crippen molar-refractivity contribution in [2.24, 2.45) is 0 Å². The Labute approximate surface area is 136 Å². The summed E-state index contributed by atoms with van der Waals surface area (Å²) in [6.07, 6.45) is 1.74. The van der Waals surface area contributed by atoms with Crippen molar-refractivity contribution < 1.29 is 14.4 Å². The van der Waals surface area contributed by atoms with Crippen LogP contribution in [0.2, 0.25) is 0 Å². The standard InChI is InChI=1S/C17H23N3O3/c1-3-17(4-2)15(22)20(16(23)19-17)12-14(21)18-11-10-13-8-6-5-7-9-13/h5-9H,3-4,10-12H2,1-2H3,(H,18,21)(H,19,23). The zero-order valence-corrected chi connectivity index (χ0v) is 13.6. The van der Waals surface area contributed by atoms with Crippen molar-refractivity contribution in [2.75, 3.05) is 13.1 Å². The molecule has 124 valence electrons. The highest BCUT2D eigenvalue weighted by Crippen LogP contribution is 2.24. The number of hydrogen-bond acceptors (Lipinski definition) is 3. The Bertz CT molecular complexity index is 582. The van der Waals surface area contributed by atoms with Crippen molar-refractivity contribution in [1.82, 2.24) is 15.5 Å². The van der Waals surface area contributed by atoms with Gasteiger partial charge in [-0.1, -0.05) is 44.2 Å². The lowest BCUT2D eigenvalue weighted by Crippen LogP contribution is -2.46. The molecule has 0 saturated carbocycles. The van der Waals surface area contributed by atoms with Crippen LogP contribution in [0.15, 0.2) is 30.3 Å². The van der Waals surface area contributed by atoms with Crippen LogP contribution >= 0.6 is 0 Å². The largest absolute Gasteiger partial charge is 0.354 e. The van der Waals surface area contributed by atoms with Gasteiger partial charge in [-0.3, -0.25) is 14.5 Å². The third kappa shape index (κ3) is 3.70. The highest BCUT2D eigenvalue weighted by molar-refractivity contribution is 6.08. The fourth-order valence-corrected chi connectivity index (χ4v) is 2.74. The van der Waals surface area contributed by atoms with Crippen LogP contribution in [0.3, 0.4) is 0 Å². The zero-order valence-electron chi connectivity index (χ0n) is 13.6. The second kappa shape index (κ2) is 7.26. The van der Waals surface area contributed by atoms with Gasteiger partial charge in [0, 0.05) is 6.54 Å². The van der Waals surface area contributed by atoms with Gasteiger partial charge < -0.3 is 10.6 Å². The fourth-order valence-electron chi connectivity index (χ4n) is 2.74. The highest BCUT2D eigenvalue weighted by Gasteiger charge is 2.49. The van der Waals surface area contributed by atoms with Gasteiger partial charge >= 0.3 is 6.03 Å². The molecule has 1 aromatic carbocycles. The Balaban J connectivity index is 1.85. The Morgan fingerprint density at radius 1 is 1.17 bits per heavy atom. The van der Waals surface area contributed by atoms with E-state index >= 15 is 0 Å². The quantitative estimate of drug-likeness (QED) is 0.747. The summed E-state index contributed by atoms with van der Waals surface area (Å²) in [5.74, 6) is -0.641. The van der Waals surface area contributed by atoms with E-state index in [0.29, 0.717) is 25.8 Å². The van der Waals surface area contributed by atoms with E-state index in [0.717, 1.165) is 10.5 Å². The van der Waals surface area contributed by atoms with Crippen molar-refractivity contribution in [3.8, 4) is 0 Å². The molecule has 0 atom stereocenters.